The summed E-state index contributed by atoms with van der Waals surface area (Å²) in [7, 11) is 0. The van der Waals surface area contributed by atoms with Crippen molar-refractivity contribution in [1.29, 1.82) is 0 Å². The number of nitrogens with zero attached hydrogens (tertiary/aromatic N) is 5. The summed E-state index contributed by atoms with van der Waals surface area (Å²) in [5, 5.41) is 3.58. The maximum absolute atomic E-state index is 13.2. The van der Waals surface area contributed by atoms with Crippen molar-refractivity contribution in [2.45, 2.75) is 45.2 Å². The lowest BCUT2D eigenvalue weighted by Gasteiger charge is -2.37. The Morgan fingerprint density at radius 2 is 1.81 bits per heavy atom. The predicted octanol–water partition coefficient (Wildman–Crippen LogP) is 4.53. The fourth-order valence-electron chi connectivity index (χ4n) is 5.07. The van der Waals surface area contributed by atoms with Crippen molar-refractivity contribution >= 4 is 23.1 Å². The van der Waals surface area contributed by atoms with Gasteiger partial charge < -0.3 is 14.6 Å². The lowest BCUT2D eigenvalue weighted by atomic mass is 9.93. The van der Waals surface area contributed by atoms with E-state index in [-0.39, 0.29) is 12.0 Å². The van der Waals surface area contributed by atoms with Crippen LogP contribution >= 0.6 is 0 Å². The fraction of sp³-hybridized carbons (Fsp3) is 0.429. The molecule has 0 aromatic carbocycles. The Kier molecular flexibility index (Phi) is 7.71. The van der Waals surface area contributed by atoms with E-state index in [2.05, 4.69) is 25.1 Å². The van der Waals surface area contributed by atoms with Gasteiger partial charge in [0.25, 0.3) is 0 Å². The maximum atomic E-state index is 13.2. The number of pyridine rings is 2. The van der Waals surface area contributed by atoms with Crippen molar-refractivity contribution in [3.63, 3.8) is 0 Å². The van der Waals surface area contributed by atoms with E-state index in [1.807, 2.05) is 49.4 Å². The number of piperidine rings is 2. The van der Waals surface area contributed by atoms with Gasteiger partial charge >= 0.3 is 0 Å². The van der Waals surface area contributed by atoms with Gasteiger partial charge in [-0.15, -0.1) is 0 Å². The highest BCUT2D eigenvalue weighted by Crippen LogP contribution is 2.27. The van der Waals surface area contributed by atoms with Gasteiger partial charge in [-0.3, -0.25) is 14.7 Å². The second-order valence-electron chi connectivity index (χ2n) is 9.66. The SMILES string of the molecule is CC(=Nc1cccnc1NC1CCN(C(=O)C2CCN(Cc3ccco3)CC2)CC1)c1ccccn1. The quantitative estimate of drug-likeness (QED) is 0.494. The van der Waals surface area contributed by atoms with Gasteiger partial charge in [-0.2, -0.15) is 0 Å². The Morgan fingerprint density at radius 3 is 2.53 bits per heavy atom. The van der Waals surface area contributed by atoms with Gasteiger partial charge in [0.1, 0.15) is 11.4 Å². The minimum Gasteiger partial charge on any atom is -0.468 e. The summed E-state index contributed by atoms with van der Waals surface area (Å²) in [6, 6.07) is 13.9. The molecular weight excluding hydrogens is 452 g/mol. The Morgan fingerprint density at radius 1 is 1.00 bits per heavy atom. The fourth-order valence-corrected chi connectivity index (χ4v) is 5.07. The number of likely N-dealkylation sites (tertiary alicyclic amines) is 2. The molecule has 8 heteroatoms. The molecule has 0 saturated carbocycles. The van der Waals surface area contributed by atoms with Gasteiger partial charge in [-0.05, 0) is 82.1 Å². The largest absolute Gasteiger partial charge is 0.468 e. The number of carbonyl (C=O) groups is 1. The van der Waals surface area contributed by atoms with E-state index in [4.69, 9.17) is 9.41 Å². The molecule has 36 heavy (non-hydrogen) atoms. The lowest BCUT2D eigenvalue weighted by Crippen LogP contribution is -2.47. The first kappa shape index (κ1) is 24.2. The molecular formula is C28H34N6O2. The van der Waals surface area contributed by atoms with Crippen LogP contribution in [0.15, 0.2) is 70.5 Å². The van der Waals surface area contributed by atoms with E-state index >= 15 is 0 Å². The van der Waals surface area contributed by atoms with Crippen LogP contribution in [-0.2, 0) is 11.3 Å². The standard InChI is InChI=1S/C28H34N6O2/c1-21(25-7-2-3-13-29-25)31-26-8-4-14-30-27(26)32-23-11-17-34(18-12-23)28(35)22-9-15-33(16-10-22)20-24-6-5-19-36-24/h2-8,13-14,19,22-23H,9-12,15-18,20H2,1H3,(H,30,32). The first-order chi connectivity index (χ1) is 17.7. The number of hydrogen-bond acceptors (Lipinski definition) is 7. The molecule has 5 heterocycles. The number of aliphatic imine (C=N–C) groups is 1. The second-order valence-corrected chi connectivity index (χ2v) is 9.66. The summed E-state index contributed by atoms with van der Waals surface area (Å²) in [4.78, 5) is 31.3. The average molecular weight is 487 g/mol. The molecule has 2 aliphatic heterocycles. The molecule has 1 N–H and O–H groups in total. The van der Waals surface area contributed by atoms with E-state index in [9.17, 15) is 4.79 Å². The topological polar surface area (TPSA) is 86.9 Å². The van der Waals surface area contributed by atoms with Crippen molar-refractivity contribution in [2.75, 3.05) is 31.5 Å². The Labute approximate surface area is 212 Å². The Hall–Kier alpha value is -3.52. The van der Waals surface area contributed by atoms with E-state index < -0.39 is 0 Å². The van der Waals surface area contributed by atoms with Crippen LogP contribution in [0, 0.1) is 5.92 Å². The van der Waals surface area contributed by atoms with Crippen molar-refractivity contribution < 1.29 is 9.21 Å². The smallest absolute Gasteiger partial charge is 0.225 e. The number of hydrogen-bond donors (Lipinski definition) is 1. The average Bonchev–Trinajstić information content (AvgIpc) is 3.44. The van der Waals surface area contributed by atoms with Crippen molar-refractivity contribution in [3.8, 4) is 0 Å². The number of nitrogens with one attached hydrogen (secondary N) is 1. The normalized spacial score (nSPS) is 18.4. The summed E-state index contributed by atoms with van der Waals surface area (Å²) < 4.78 is 5.47. The highest BCUT2D eigenvalue weighted by molar-refractivity contribution is 5.99. The Balaban J connectivity index is 1.12. The monoisotopic (exact) mass is 486 g/mol. The molecule has 188 valence electrons. The van der Waals surface area contributed by atoms with E-state index in [0.29, 0.717) is 5.91 Å². The number of rotatable bonds is 7. The van der Waals surface area contributed by atoms with Crippen LogP contribution in [0.3, 0.4) is 0 Å². The van der Waals surface area contributed by atoms with Crippen molar-refractivity contribution in [3.05, 3.63) is 72.6 Å². The number of aromatic nitrogens is 2. The second kappa shape index (κ2) is 11.5. The maximum Gasteiger partial charge on any atom is 0.225 e. The summed E-state index contributed by atoms with van der Waals surface area (Å²) in [5.74, 6) is 2.22. The molecule has 0 aliphatic carbocycles. The van der Waals surface area contributed by atoms with E-state index in [1.165, 1.54) is 0 Å². The summed E-state index contributed by atoms with van der Waals surface area (Å²) in [6.45, 7) is 6.23. The zero-order chi connectivity index (χ0) is 24.7. The van der Waals surface area contributed by atoms with Gasteiger partial charge in [-0.25, -0.2) is 9.98 Å². The van der Waals surface area contributed by atoms with Crippen LogP contribution in [0.1, 0.15) is 44.1 Å². The lowest BCUT2D eigenvalue weighted by molar-refractivity contribution is -0.138. The van der Waals surface area contributed by atoms with Crippen LogP contribution in [0.25, 0.3) is 0 Å². The third kappa shape index (κ3) is 5.99. The molecule has 0 radical (unpaired) electrons. The van der Waals surface area contributed by atoms with Crippen LogP contribution in [-0.4, -0.2) is 63.6 Å². The summed E-state index contributed by atoms with van der Waals surface area (Å²) >= 11 is 0. The Bertz CT molecular complexity index is 1150. The molecule has 2 fully saturated rings. The third-order valence-electron chi connectivity index (χ3n) is 7.15. The van der Waals surface area contributed by atoms with Gasteiger partial charge in [0.05, 0.1) is 24.2 Å². The van der Waals surface area contributed by atoms with Crippen LogP contribution in [0.4, 0.5) is 11.5 Å². The number of carbonyl (C=O) groups excluding carboxylic acids is 1. The van der Waals surface area contributed by atoms with Gasteiger partial charge in [0.2, 0.25) is 5.91 Å². The highest BCUT2D eigenvalue weighted by atomic mass is 16.3. The van der Waals surface area contributed by atoms with Gasteiger partial charge in [0.15, 0.2) is 5.82 Å². The van der Waals surface area contributed by atoms with Crippen LogP contribution in [0.5, 0.6) is 0 Å². The first-order valence-electron chi connectivity index (χ1n) is 12.9. The predicted molar refractivity (Wildman–Crippen MR) is 140 cm³/mol. The van der Waals surface area contributed by atoms with E-state index in [0.717, 1.165) is 87.1 Å². The van der Waals surface area contributed by atoms with Crippen LogP contribution < -0.4 is 5.32 Å². The van der Waals surface area contributed by atoms with Crippen molar-refractivity contribution in [1.82, 2.24) is 19.8 Å². The minimum absolute atomic E-state index is 0.133. The molecule has 3 aromatic heterocycles. The molecule has 0 bridgehead atoms. The summed E-state index contributed by atoms with van der Waals surface area (Å²) in [6.07, 6.45) is 8.93. The molecule has 5 rings (SSSR count). The molecule has 8 nitrogen and oxygen atoms in total. The first-order valence-corrected chi connectivity index (χ1v) is 12.9. The summed E-state index contributed by atoms with van der Waals surface area (Å²) in [5.41, 5.74) is 2.51. The van der Waals surface area contributed by atoms with Crippen LogP contribution in [0.2, 0.25) is 0 Å². The van der Waals surface area contributed by atoms with Gasteiger partial charge in [-0.1, -0.05) is 6.07 Å². The molecule has 0 unspecified atom stereocenters. The number of amides is 1. The number of furan rings is 1. The zero-order valence-electron chi connectivity index (χ0n) is 20.8. The highest BCUT2D eigenvalue weighted by Gasteiger charge is 2.31. The molecule has 0 atom stereocenters. The molecule has 0 spiro atoms. The molecule has 2 aliphatic rings. The van der Waals surface area contributed by atoms with Crippen molar-refractivity contribution in [2.24, 2.45) is 10.9 Å². The third-order valence-corrected chi connectivity index (χ3v) is 7.15. The molecule has 3 aromatic rings. The number of anilines is 1. The molecule has 2 saturated heterocycles. The van der Waals surface area contributed by atoms with Gasteiger partial charge in [0, 0.05) is 37.4 Å². The molecule has 1 amide bonds. The van der Waals surface area contributed by atoms with E-state index in [1.54, 1.807) is 18.7 Å². The minimum atomic E-state index is 0.133. The zero-order valence-corrected chi connectivity index (χ0v) is 20.8.